The summed E-state index contributed by atoms with van der Waals surface area (Å²) in [7, 11) is 0. The molecule has 3 fully saturated rings. The summed E-state index contributed by atoms with van der Waals surface area (Å²) in [6.07, 6.45) is 6.99. The fourth-order valence-electron chi connectivity index (χ4n) is 3.59. The van der Waals surface area contributed by atoms with Crippen LogP contribution >= 0.6 is 0 Å². The molecular formula is C15H19NO2. The summed E-state index contributed by atoms with van der Waals surface area (Å²) in [5, 5.41) is 0. The van der Waals surface area contributed by atoms with E-state index in [0.29, 0.717) is 17.6 Å². The van der Waals surface area contributed by atoms with E-state index in [4.69, 9.17) is 10.5 Å². The van der Waals surface area contributed by atoms with E-state index in [2.05, 4.69) is 12.1 Å². The summed E-state index contributed by atoms with van der Waals surface area (Å²) in [5.41, 5.74) is 8.15. The van der Waals surface area contributed by atoms with E-state index < -0.39 is 0 Å². The van der Waals surface area contributed by atoms with E-state index in [9.17, 15) is 4.79 Å². The molecule has 1 aromatic carbocycles. The van der Waals surface area contributed by atoms with Crippen molar-refractivity contribution in [3.05, 3.63) is 29.8 Å². The van der Waals surface area contributed by atoms with Gasteiger partial charge in [-0.25, -0.2) is 0 Å². The molecular weight excluding hydrogens is 226 g/mol. The van der Waals surface area contributed by atoms with Crippen molar-refractivity contribution in [2.24, 2.45) is 5.73 Å². The maximum Gasteiger partial charge on any atom is 0.298 e. The van der Waals surface area contributed by atoms with Gasteiger partial charge in [-0.15, -0.1) is 0 Å². The molecule has 0 atom stereocenters. The number of hydrogen-bond donors (Lipinski definition) is 1. The van der Waals surface area contributed by atoms with E-state index in [1.165, 1.54) is 24.8 Å². The van der Waals surface area contributed by atoms with Crippen molar-refractivity contribution in [2.75, 3.05) is 0 Å². The van der Waals surface area contributed by atoms with Crippen LogP contribution in [-0.2, 0) is 10.2 Å². The minimum atomic E-state index is 0.113. The SMILES string of the molecule is NC12CCC(c3ccc(OC=O)cc3)(CC1)CC2. The number of carbonyl (C=O) groups excluding carboxylic acids is 1. The minimum absolute atomic E-state index is 0.113. The lowest BCUT2D eigenvalue weighted by Gasteiger charge is -2.52. The monoisotopic (exact) mass is 245 g/mol. The highest BCUT2D eigenvalue weighted by atomic mass is 16.5. The Kier molecular flexibility index (Phi) is 2.67. The molecule has 2 bridgehead atoms. The summed E-state index contributed by atoms with van der Waals surface area (Å²) < 4.78 is 4.84. The number of ether oxygens (including phenoxy) is 1. The van der Waals surface area contributed by atoms with E-state index in [-0.39, 0.29) is 5.54 Å². The average Bonchev–Trinajstić information content (AvgIpc) is 2.41. The van der Waals surface area contributed by atoms with Gasteiger partial charge in [0.05, 0.1) is 0 Å². The molecule has 0 aliphatic heterocycles. The smallest absolute Gasteiger partial charge is 0.298 e. The standard InChI is InChI=1S/C15H19NO2/c16-15-8-5-14(6-9-15,7-10-15)12-1-3-13(4-2-12)18-11-17/h1-4,11H,5-10,16H2. The van der Waals surface area contributed by atoms with Crippen LogP contribution in [0.2, 0.25) is 0 Å². The lowest BCUT2D eigenvalue weighted by atomic mass is 9.55. The number of hydrogen-bond acceptors (Lipinski definition) is 3. The molecule has 2 N–H and O–H groups in total. The molecule has 0 unspecified atom stereocenters. The molecule has 3 heteroatoms. The molecule has 1 aromatic rings. The van der Waals surface area contributed by atoms with Crippen LogP contribution in [0.1, 0.15) is 44.1 Å². The minimum Gasteiger partial charge on any atom is -0.429 e. The first kappa shape index (κ1) is 11.7. The van der Waals surface area contributed by atoms with Crippen molar-refractivity contribution < 1.29 is 9.53 Å². The van der Waals surface area contributed by atoms with Crippen LogP contribution in [-0.4, -0.2) is 12.0 Å². The number of fused-ring (bicyclic) bond motifs is 3. The highest BCUT2D eigenvalue weighted by molar-refractivity contribution is 5.46. The lowest BCUT2D eigenvalue weighted by molar-refractivity contribution is -0.120. The molecule has 3 aliphatic rings. The molecule has 0 aromatic heterocycles. The molecule has 3 saturated carbocycles. The Hall–Kier alpha value is -1.35. The van der Waals surface area contributed by atoms with Gasteiger partial charge in [0.1, 0.15) is 5.75 Å². The molecule has 3 aliphatic carbocycles. The van der Waals surface area contributed by atoms with Gasteiger partial charge in [0.2, 0.25) is 0 Å². The molecule has 0 amide bonds. The van der Waals surface area contributed by atoms with E-state index in [0.717, 1.165) is 19.3 Å². The van der Waals surface area contributed by atoms with Gasteiger partial charge in [-0.3, -0.25) is 4.79 Å². The maximum absolute atomic E-state index is 10.3. The molecule has 18 heavy (non-hydrogen) atoms. The Morgan fingerprint density at radius 1 is 1.00 bits per heavy atom. The van der Waals surface area contributed by atoms with Gasteiger partial charge in [-0.1, -0.05) is 12.1 Å². The second kappa shape index (κ2) is 4.09. The summed E-state index contributed by atoms with van der Waals surface area (Å²) >= 11 is 0. The molecule has 0 radical (unpaired) electrons. The fourth-order valence-corrected chi connectivity index (χ4v) is 3.59. The third kappa shape index (κ3) is 1.83. The normalized spacial score (nSPS) is 34.3. The van der Waals surface area contributed by atoms with Gasteiger partial charge in [-0.2, -0.15) is 0 Å². The molecule has 0 saturated heterocycles. The van der Waals surface area contributed by atoms with E-state index in [1.54, 1.807) is 0 Å². The highest BCUT2D eigenvalue weighted by Crippen LogP contribution is 2.52. The Morgan fingerprint density at radius 2 is 1.56 bits per heavy atom. The molecule has 3 nitrogen and oxygen atoms in total. The molecule has 0 spiro atoms. The summed E-state index contributed by atoms with van der Waals surface area (Å²) in [5.74, 6) is 0.616. The topological polar surface area (TPSA) is 52.3 Å². The second-order valence-electron chi connectivity index (χ2n) is 5.88. The zero-order chi connectivity index (χ0) is 12.6. The fraction of sp³-hybridized carbons (Fsp3) is 0.533. The third-order valence-corrected chi connectivity index (χ3v) is 4.96. The van der Waals surface area contributed by atoms with Crippen LogP contribution in [0.15, 0.2) is 24.3 Å². The van der Waals surface area contributed by atoms with Crippen molar-refractivity contribution in [1.82, 2.24) is 0 Å². The first-order valence-corrected chi connectivity index (χ1v) is 6.66. The van der Waals surface area contributed by atoms with Gasteiger partial charge in [0.25, 0.3) is 6.47 Å². The number of benzene rings is 1. The Balaban J connectivity index is 1.84. The van der Waals surface area contributed by atoms with Gasteiger partial charge in [-0.05, 0) is 61.6 Å². The predicted molar refractivity (Wildman–Crippen MR) is 69.4 cm³/mol. The van der Waals surface area contributed by atoms with Crippen LogP contribution in [0, 0.1) is 0 Å². The van der Waals surface area contributed by atoms with Crippen LogP contribution in [0.25, 0.3) is 0 Å². The zero-order valence-electron chi connectivity index (χ0n) is 10.5. The number of nitrogens with two attached hydrogens (primary N) is 1. The maximum atomic E-state index is 10.3. The largest absolute Gasteiger partial charge is 0.429 e. The molecule has 96 valence electrons. The lowest BCUT2D eigenvalue weighted by Crippen LogP contribution is -2.53. The number of rotatable bonds is 3. The second-order valence-corrected chi connectivity index (χ2v) is 5.88. The van der Waals surface area contributed by atoms with E-state index in [1.807, 2.05) is 12.1 Å². The Labute approximate surface area is 107 Å². The summed E-state index contributed by atoms with van der Waals surface area (Å²) in [6, 6.07) is 7.98. The van der Waals surface area contributed by atoms with Gasteiger partial charge in [0.15, 0.2) is 0 Å². The Bertz CT molecular complexity index is 428. The quantitative estimate of drug-likeness (QED) is 0.832. The first-order chi connectivity index (χ1) is 8.66. The van der Waals surface area contributed by atoms with Crippen LogP contribution < -0.4 is 10.5 Å². The average molecular weight is 245 g/mol. The molecule has 4 rings (SSSR count). The highest BCUT2D eigenvalue weighted by Gasteiger charge is 2.47. The number of carbonyl (C=O) groups is 1. The van der Waals surface area contributed by atoms with Gasteiger partial charge in [0, 0.05) is 5.54 Å². The van der Waals surface area contributed by atoms with Crippen molar-refractivity contribution in [1.29, 1.82) is 0 Å². The van der Waals surface area contributed by atoms with Crippen LogP contribution in [0.5, 0.6) is 5.75 Å². The summed E-state index contributed by atoms with van der Waals surface area (Å²) in [6.45, 7) is 0.470. The third-order valence-electron chi connectivity index (χ3n) is 4.96. The van der Waals surface area contributed by atoms with Crippen LogP contribution in [0.3, 0.4) is 0 Å². The van der Waals surface area contributed by atoms with Crippen LogP contribution in [0.4, 0.5) is 0 Å². The summed E-state index contributed by atoms with van der Waals surface area (Å²) in [4.78, 5) is 10.3. The Morgan fingerprint density at radius 3 is 2.06 bits per heavy atom. The van der Waals surface area contributed by atoms with Gasteiger partial charge < -0.3 is 10.5 Å². The van der Waals surface area contributed by atoms with Crippen molar-refractivity contribution in [3.8, 4) is 5.75 Å². The van der Waals surface area contributed by atoms with Crippen molar-refractivity contribution >= 4 is 6.47 Å². The van der Waals surface area contributed by atoms with E-state index >= 15 is 0 Å². The zero-order valence-corrected chi connectivity index (χ0v) is 10.5. The molecule has 0 heterocycles. The first-order valence-electron chi connectivity index (χ1n) is 6.66. The predicted octanol–water partition coefficient (Wildman–Crippen LogP) is 2.52. The van der Waals surface area contributed by atoms with Gasteiger partial charge >= 0.3 is 0 Å². The van der Waals surface area contributed by atoms with Crippen molar-refractivity contribution in [2.45, 2.75) is 49.5 Å². The van der Waals surface area contributed by atoms with Crippen molar-refractivity contribution in [3.63, 3.8) is 0 Å².